The smallest absolute Gasteiger partial charge is 0.242 e. The molecule has 0 saturated carbocycles. The Labute approximate surface area is 78.9 Å². The lowest BCUT2D eigenvalue weighted by atomic mass is 9.93. The number of nitrogens with one attached hydrogen (secondary N) is 1. The molecule has 1 heterocycles. The zero-order valence-electron chi connectivity index (χ0n) is 8.72. The molecule has 0 aromatic rings. The number of nitrogens with zero attached hydrogens (tertiary/aromatic N) is 1. The van der Waals surface area contributed by atoms with E-state index in [2.05, 4.69) is 5.32 Å². The van der Waals surface area contributed by atoms with E-state index >= 15 is 0 Å². The highest BCUT2D eigenvalue weighted by molar-refractivity contribution is 5.86. The molecular formula is C9H18N2O2. The van der Waals surface area contributed by atoms with Crippen molar-refractivity contribution in [3.05, 3.63) is 0 Å². The second-order valence-corrected chi connectivity index (χ2v) is 4.53. The maximum atomic E-state index is 11.7. The maximum absolute atomic E-state index is 11.7. The van der Waals surface area contributed by atoms with Gasteiger partial charge in [-0.25, -0.2) is 0 Å². The zero-order chi connectivity index (χ0) is 10.3. The van der Waals surface area contributed by atoms with Crippen molar-refractivity contribution in [2.45, 2.75) is 31.9 Å². The summed E-state index contributed by atoms with van der Waals surface area (Å²) in [6, 6.07) is 0. The molecule has 76 valence electrons. The number of rotatable bonds is 2. The van der Waals surface area contributed by atoms with Crippen molar-refractivity contribution in [3.63, 3.8) is 0 Å². The molecule has 0 radical (unpaired) electrons. The van der Waals surface area contributed by atoms with Crippen LogP contribution in [-0.4, -0.2) is 47.2 Å². The molecule has 0 unspecified atom stereocenters. The zero-order valence-corrected chi connectivity index (χ0v) is 8.72. The molecule has 1 aliphatic heterocycles. The summed E-state index contributed by atoms with van der Waals surface area (Å²) in [5.41, 5.74) is -1.21. The number of amides is 1. The van der Waals surface area contributed by atoms with Gasteiger partial charge in [-0.15, -0.1) is 0 Å². The number of hydrogen-bond donors (Lipinski definition) is 2. The van der Waals surface area contributed by atoms with Gasteiger partial charge in [-0.05, 0) is 27.8 Å². The van der Waals surface area contributed by atoms with Crippen molar-refractivity contribution in [2.75, 3.05) is 20.1 Å². The monoisotopic (exact) mass is 186 g/mol. The SMILES string of the molecule is CNC(C)(C)C(=O)N1CC(C)(O)C1. The first-order chi connectivity index (χ1) is 5.78. The van der Waals surface area contributed by atoms with Crippen molar-refractivity contribution in [1.82, 2.24) is 10.2 Å². The van der Waals surface area contributed by atoms with Crippen LogP contribution in [0.5, 0.6) is 0 Å². The molecule has 0 aromatic heterocycles. The molecule has 1 rings (SSSR count). The van der Waals surface area contributed by atoms with Crippen molar-refractivity contribution < 1.29 is 9.90 Å². The number of carbonyl (C=O) groups is 1. The second-order valence-electron chi connectivity index (χ2n) is 4.53. The molecule has 1 saturated heterocycles. The van der Waals surface area contributed by atoms with Crippen molar-refractivity contribution in [2.24, 2.45) is 0 Å². The first kappa shape index (κ1) is 10.5. The molecule has 13 heavy (non-hydrogen) atoms. The fourth-order valence-electron chi connectivity index (χ4n) is 1.42. The fourth-order valence-corrected chi connectivity index (χ4v) is 1.42. The van der Waals surface area contributed by atoms with Crippen LogP contribution >= 0.6 is 0 Å². The molecule has 2 N–H and O–H groups in total. The molecule has 1 amide bonds. The standard InChI is InChI=1S/C9H18N2O2/c1-8(2,10-4)7(12)11-5-9(3,13)6-11/h10,13H,5-6H2,1-4H3. The third-order valence-electron chi connectivity index (χ3n) is 2.51. The Kier molecular flexibility index (Phi) is 2.38. The van der Waals surface area contributed by atoms with Crippen LogP contribution in [0.3, 0.4) is 0 Å². The van der Waals surface area contributed by atoms with Crippen molar-refractivity contribution >= 4 is 5.91 Å². The molecule has 0 atom stereocenters. The van der Waals surface area contributed by atoms with Gasteiger partial charge in [0.15, 0.2) is 0 Å². The van der Waals surface area contributed by atoms with Crippen LogP contribution in [0.4, 0.5) is 0 Å². The Morgan fingerprint density at radius 2 is 2.00 bits per heavy atom. The number of likely N-dealkylation sites (N-methyl/N-ethyl adjacent to an activating group) is 1. The van der Waals surface area contributed by atoms with Gasteiger partial charge < -0.3 is 15.3 Å². The minimum absolute atomic E-state index is 0.0431. The number of carbonyl (C=O) groups excluding carboxylic acids is 1. The van der Waals surface area contributed by atoms with Gasteiger partial charge in [0.1, 0.15) is 0 Å². The summed E-state index contributed by atoms with van der Waals surface area (Å²) < 4.78 is 0. The summed E-state index contributed by atoms with van der Waals surface area (Å²) in [5, 5.41) is 12.4. The highest BCUT2D eigenvalue weighted by Gasteiger charge is 2.43. The summed E-state index contributed by atoms with van der Waals surface area (Å²) in [6.07, 6.45) is 0. The van der Waals surface area contributed by atoms with Gasteiger partial charge in [-0.3, -0.25) is 4.79 Å². The predicted octanol–water partition coefficient (Wildman–Crippen LogP) is -0.422. The first-order valence-corrected chi connectivity index (χ1v) is 4.49. The summed E-state index contributed by atoms with van der Waals surface area (Å²) in [5.74, 6) is 0.0431. The summed E-state index contributed by atoms with van der Waals surface area (Å²) in [7, 11) is 1.76. The van der Waals surface area contributed by atoms with E-state index in [1.54, 1.807) is 18.9 Å². The molecule has 0 aliphatic carbocycles. The van der Waals surface area contributed by atoms with Gasteiger partial charge in [0.05, 0.1) is 24.2 Å². The number of aliphatic hydroxyl groups is 1. The van der Waals surface area contributed by atoms with E-state index in [1.165, 1.54) is 0 Å². The van der Waals surface area contributed by atoms with E-state index in [-0.39, 0.29) is 5.91 Å². The van der Waals surface area contributed by atoms with Crippen molar-refractivity contribution in [1.29, 1.82) is 0 Å². The van der Waals surface area contributed by atoms with Crippen LogP contribution in [0, 0.1) is 0 Å². The molecule has 0 spiro atoms. The number of β-amino-alcohol motifs (C(OH)–C–C–N with tert-alkyl or cyclic N) is 1. The molecule has 0 bridgehead atoms. The van der Waals surface area contributed by atoms with Crippen LogP contribution in [0.25, 0.3) is 0 Å². The molecule has 4 nitrogen and oxygen atoms in total. The number of likely N-dealkylation sites (tertiary alicyclic amines) is 1. The Morgan fingerprint density at radius 3 is 2.31 bits per heavy atom. The molecule has 0 aromatic carbocycles. The van der Waals surface area contributed by atoms with Gasteiger partial charge in [0.25, 0.3) is 0 Å². The van der Waals surface area contributed by atoms with Gasteiger partial charge in [-0.2, -0.15) is 0 Å². The van der Waals surface area contributed by atoms with Gasteiger partial charge in [-0.1, -0.05) is 0 Å². The number of hydrogen-bond acceptors (Lipinski definition) is 3. The molecular weight excluding hydrogens is 168 g/mol. The van der Waals surface area contributed by atoms with Crippen LogP contribution in [0.2, 0.25) is 0 Å². The summed E-state index contributed by atoms with van der Waals surface area (Å²) >= 11 is 0. The van der Waals surface area contributed by atoms with Crippen LogP contribution in [-0.2, 0) is 4.79 Å². The topological polar surface area (TPSA) is 52.6 Å². The van der Waals surface area contributed by atoms with Crippen molar-refractivity contribution in [3.8, 4) is 0 Å². The van der Waals surface area contributed by atoms with E-state index in [0.717, 1.165) is 0 Å². The second kappa shape index (κ2) is 2.96. The molecule has 1 fully saturated rings. The predicted molar refractivity (Wildman–Crippen MR) is 50.3 cm³/mol. The molecule has 4 heteroatoms. The average molecular weight is 186 g/mol. The van der Waals surface area contributed by atoms with Gasteiger partial charge >= 0.3 is 0 Å². The highest BCUT2D eigenvalue weighted by Crippen LogP contribution is 2.22. The normalized spacial score (nSPS) is 21.2. The van der Waals surface area contributed by atoms with E-state index in [0.29, 0.717) is 13.1 Å². The quantitative estimate of drug-likeness (QED) is 0.615. The van der Waals surface area contributed by atoms with Crippen LogP contribution in [0.1, 0.15) is 20.8 Å². The van der Waals surface area contributed by atoms with Gasteiger partial charge in [0, 0.05) is 0 Å². The minimum Gasteiger partial charge on any atom is -0.386 e. The maximum Gasteiger partial charge on any atom is 0.242 e. The third-order valence-corrected chi connectivity index (χ3v) is 2.51. The van der Waals surface area contributed by atoms with Crippen LogP contribution < -0.4 is 5.32 Å². The lowest BCUT2D eigenvalue weighted by molar-refractivity contribution is -0.157. The lowest BCUT2D eigenvalue weighted by Crippen LogP contribution is -2.66. The highest BCUT2D eigenvalue weighted by atomic mass is 16.3. The Bertz CT molecular complexity index is 216. The van der Waals surface area contributed by atoms with Gasteiger partial charge in [0.2, 0.25) is 5.91 Å². The van der Waals surface area contributed by atoms with E-state index in [1.807, 2.05) is 13.8 Å². The Hall–Kier alpha value is -0.610. The Balaban J connectivity index is 2.53. The largest absolute Gasteiger partial charge is 0.386 e. The summed E-state index contributed by atoms with van der Waals surface area (Å²) in [4.78, 5) is 13.4. The lowest BCUT2D eigenvalue weighted by Gasteiger charge is -2.46. The Morgan fingerprint density at radius 1 is 1.54 bits per heavy atom. The van der Waals surface area contributed by atoms with E-state index in [9.17, 15) is 9.90 Å². The molecule has 1 aliphatic rings. The third kappa shape index (κ3) is 2.00. The summed E-state index contributed by atoms with van der Waals surface area (Å²) in [6.45, 7) is 6.29. The van der Waals surface area contributed by atoms with E-state index < -0.39 is 11.1 Å². The van der Waals surface area contributed by atoms with Crippen LogP contribution in [0.15, 0.2) is 0 Å². The van der Waals surface area contributed by atoms with E-state index in [4.69, 9.17) is 0 Å². The minimum atomic E-state index is -0.681. The first-order valence-electron chi connectivity index (χ1n) is 4.49. The fraction of sp³-hybridized carbons (Fsp3) is 0.889. The average Bonchev–Trinajstić information content (AvgIpc) is 1.98.